The number of hydrogen-bond donors (Lipinski definition) is 0. The van der Waals surface area contributed by atoms with Crippen molar-refractivity contribution < 1.29 is 9.53 Å². The lowest BCUT2D eigenvalue weighted by Gasteiger charge is -2.35. The Hall–Kier alpha value is -3.04. The third-order valence-corrected chi connectivity index (χ3v) is 7.10. The zero-order valence-corrected chi connectivity index (χ0v) is 18.9. The summed E-state index contributed by atoms with van der Waals surface area (Å²) < 4.78 is 5.44. The lowest BCUT2D eigenvalue weighted by atomic mass is 10.2. The second kappa shape index (κ2) is 9.22. The molecule has 32 heavy (non-hydrogen) atoms. The lowest BCUT2D eigenvalue weighted by molar-refractivity contribution is 0.0750. The first kappa shape index (κ1) is 20.8. The van der Waals surface area contributed by atoms with Gasteiger partial charge < -0.3 is 19.4 Å². The van der Waals surface area contributed by atoms with Gasteiger partial charge in [-0.15, -0.1) is 16.4 Å². The van der Waals surface area contributed by atoms with Crippen molar-refractivity contribution in [3.8, 4) is 10.6 Å². The standard InChI is InChI=1S/C23H26N6O2S/c1-17-21(32-22(25-17)18-5-3-2-4-6-18)23(30)29-9-7-28(8-10-29)20-15-19(16-24-26-20)27-11-13-31-14-12-27/h2-6,15-16H,7-14H2,1H3. The number of carbonyl (C=O) groups is 1. The molecule has 2 saturated heterocycles. The summed E-state index contributed by atoms with van der Waals surface area (Å²) in [6.07, 6.45) is 1.81. The molecule has 0 radical (unpaired) electrons. The Kier molecular flexibility index (Phi) is 6.00. The SMILES string of the molecule is Cc1nc(-c2ccccc2)sc1C(=O)N1CCN(c2cc(N3CCOCC3)cnn2)CC1. The molecule has 8 nitrogen and oxygen atoms in total. The average molecular weight is 451 g/mol. The Balaban J connectivity index is 1.24. The van der Waals surface area contributed by atoms with Gasteiger partial charge in [-0.05, 0) is 6.92 Å². The predicted molar refractivity (Wildman–Crippen MR) is 125 cm³/mol. The van der Waals surface area contributed by atoms with Crippen molar-refractivity contribution in [3.05, 3.63) is 53.2 Å². The van der Waals surface area contributed by atoms with Crippen LogP contribution in [0.3, 0.4) is 0 Å². The number of benzene rings is 1. The van der Waals surface area contributed by atoms with Crippen molar-refractivity contribution in [1.82, 2.24) is 20.1 Å². The van der Waals surface area contributed by atoms with Gasteiger partial charge in [0.2, 0.25) is 0 Å². The van der Waals surface area contributed by atoms with Gasteiger partial charge in [-0.25, -0.2) is 4.98 Å². The second-order valence-corrected chi connectivity index (χ2v) is 8.95. The first-order valence-corrected chi connectivity index (χ1v) is 11.7. The maximum Gasteiger partial charge on any atom is 0.265 e. The largest absolute Gasteiger partial charge is 0.378 e. The van der Waals surface area contributed by atoms with Gasteiger partial charge >= 0.3 is 0 Å². The molecule has 0 bridgehead atoms. The zero-order valence-electron chi connectivity index (χ0n) is 18.1. The van der Waals surface area contributed by atoms with Crippen LogP contribution >= 0.6 is 11.3 Å². The molecule has 3 aromatic rings. The minimum Gasteiger partial charge on any atom is -0.378 e. The Morgan fingerprint density at radius 2 is 1.75 bits per heavy atom. The van der Waals surface area contributed by atoms with E-state index in [4.69, 9.17) is 4.74 Å². The molecule has 9 heteroatoms. The molecule has 166 valence electrons. The quantitative estimate of drug-likeness (QED) is 0.605. The predicted octanol–water partition coefficient (Wildman–Crippen LogP) is 2.71. The van der Waals surface area contributed by atoms with Gasteiger partial charge in [0, 0.05) is 50.9 Å². The van der Waals surface area contributed by atoms with Crippen LogP contribution in [0, 0.1) is 6.92 Å². The molecule has 2 aliphatic heterocycles. The zero-order chi connectivity index (χ0) is 21.9. The van der Waals surface area contributed by atoms with Crippen LogP contribution in [-0.2, 0) is 4.74 Å². The van der Waals surface area contributed by atoms with E-state index >= 15 is 0 Å². The van der Waals surface area contributed by atoms with Crippen LogP contribution in [0.15, 0.2) is 42.6 Å². The number of ether oxygens (including phenoxy) is 1. The fourth-order valence-electron chi connectivity index (χ4n) is 4.08. The number of morpholine rings is 1. The number of hydrogen-bond acceptors (Lipinski definition) is 8. The fraction of sp³-hybridized carbons (Fsp3) is 0.391. The van der Waals surface area contributed by atoms with Gasteiger partial charge in [0.1, 0.15) is 9.88 Å². The van der Waals surface area contributed by atoms with Gasteiger partial charge in [-0.1, -0.05) is 30.3 Å². The van der Waals surface area contributed by atoms with Crippen molar-refractivity contribution in [1.29, 1.82) is 0 Å². The summed E-state index contributed by atoms with van der Waals surface area (Å²) in [4.78, 5) is 25.0. The Morgan fingerprint density at radius 1 is 1.00 bits per heavy atom. The number of thiazole rings is 1. The van der Waals surface area contributed by atoms with E-state index in [0.29, 0.717) is 13.1 Å². The molecule has 2 aliphatic rings. The summed E-state index contributed by atoms with van der Waals surface area (Å²) in [5, 5.41) is 9.45. The minimum absolute atomic E-state index is 0.0648. The van der Waals surface area contributed by atoms with Crippen molar-refractivity contribution in [2.75, 3.05) is 62.3 Å². The number of piperazine rings is 1. The number of carbonyl (C=O) groups excluding carboxylic acids is 1. The summed E-state index contributed by atoms with van der Waals surface area (Å²) >= 11 is 1.48. The normalized spacial score (nSPS) is 17.0. The number of rotatable bonds is 4. The molecule has 0 N–H and O–H groups in total. The topological polar surface area (TPSA) is 74.7 Å². The molecular weight excluding hydrogens is 424 g/mol. The molecule has 0 saturated carbocycles. The highest BCUT2D eigenvalue weighted by Crippen LogP contribution is 2.29. The molecule has 0 atom stereocenters. The van der Waals surface area contributed by atoms with E-state index in [1.165, 1.54) is 11.3 Å². The molecule has 0 unspecified atom stereocenters. The highest BCUT2D eigenvalue weighted by molar-refractivity contribution is 7.17. The van der Waals surface area contributed by atoms with Gasteiger partial charge in [0.25, 0.3) is 5.91 Å². The van der Waals surface area contributed by atoms with Crippen molar-refractivity contribution in [2.24, 2.45) is 0 Å². The smallest absolute Gasteiger partial charge is 0.265 e. The lowest BCUT2D eigenvalue weighted by Crippen LogP contribution is -2.49. The maximum atomic E-state index is 13.2. The Labute approximate surface area is 191 Å². The van der Waals surface area contributed by atoms with Crippen LogP contribution in [0.1, 0.15) is 15.4 Å². The highest BCUT2D eigenvalue weighted by atomic mass is 32.1. The molecule has 1 amide bonds. The Morgan fingerprint density at radius 3 is 2.50 bits per heavy atom. The van der Waals surface area contributed by atoms with Crippen LogP contribution < -0.4 is 9.80 Å². The van der Waals surface area contributed by atoms with Crippen LogP contribution in [0.2, 0.25) is 0 Å². The first-order valence-electron chi connectivity index (χ1n) is 10.9. The van der Waals surface area contributed by atoms with Crippen LogP contribution in [0.5, 0.6) is 0 Å². The monoisotopic (exact) mass is 450 g/mol. The molecule has 2 fully saturated rings. The van der Waals surface area contributed by atoms with E-state index < -0.39 is 0 Å². The van der Waals surface area contributed by atoms with Crippen LogP contribution in [0.25, 0.3) is 10.6 Å². The second-order valence-electron chi connectivity index (χ2n) is 7.95. The maximum absolute atomic E-state index is 13.2. The average Bonchev–Trinajstić information content (AvgIpc) is 3.26. The molecular formula is C23H26N6O2S. The van der Waals surface area contributed by atoms with Gasteiger partial charge in [0.05, 0.1) is 30.8 Å². The third-order valence-electron chi connectivity index (χ3n) is 5.91. The van der Waals surface area contributed by atoms with Gasteiger partial charge in [-0.3, -0.25) is 4.79 Å². The van der Waals surface area contributed by atoms with Crippen LogP contribution in [0.4, 0.5) is 11.5 Å². The van der Waals surface area contributed by atoms with Crippen molar-refractivity contribution >= 4 is 28.7 Å². The molecule has 2 aromatic heterocycles. The third kappa shape index (κ3) is 4.31. The number of amides is 1. The van der Waals surface area contributed by atoms with E-state index in [9.17, 15) is 4.79 Å². The number of aryl methyl sites for hydroxylation is 1. The summed E-state index contributed by atoms with van der Waals surface area (Å²) in [5.74, 6) is 0.927. The Bertz CT molecular complexity index is 1080. The van der Waals surface area contributed by atoms with E-state index in [0.717, 1.165) is 72.0 Å². The number of aromatic nitrogens is 3. The van der Waals surface area contributed by atoms with E-state index in [2.05, 4.69) is 31.0 Å². The summed E-state index contributed by atoms with van der Waals surface area (Å²) in [7, 11) is 0. The van der Waals surface area contributed by atoms with Gasteiger partial charge in [0.15, 0.2) is 5.82 Å². The molecule has 0 spiro atoms. The fourth-order valence-corrected chi connectivity index (χ4v) is 5.12. The van der Waals surface area contributed by atoms with E-state index in [-0.39, 0.29) is 5.91 Å². The number of anilines is 2. The molecule has 5 rings (SSSR count). The summed E-state index contributed by atoms with van der Waals surface area (Å²) in [6.45, 7) is 7.90. The molecule has 0 aliphatic carbocycles. The molecule has 4 heterocycles. The highest BCUT2D eigenvalue weighted by Gasteiger charge is 2.26. The molecule has 1 aromatic carbocycles. The van der Waals surface area contributed by atoms with Crippen LogP contribution in [-0.4, -0.2) is 78.5 Å². The van der Waals surface area contributed by atoms with E-state index in [1.54, 1.807) is 0 Å². The summed E-state index contributed by atoms with van der Waals surface area (Å²) in [6, 6.07) is 12.1. The number of nitrogens with zero attached hydrogens (tertiary/aromatic N) is 6. The first-order chi connectivity index (χ1) is 15.7. The minimum atomic E-state index is 0.0648. The van der Waals surface area contributed by atoms with Crippen molar-refractivity contribution in [3.63, 3.8) is 0 Å². The van der Waals surface area contributed by atoms with E-state index in [1.807, 2.05) is 48.4 Å². The van der Waals surface area contributed by atoms with Crippen molar-refractivity contribution in [2.45, 2.75) is 6.92 Å². The summed E-state index contributed by atoms with van der Waals surface area (Å²) in [5.41, 5.74) is 2.92. The van der Waals surface area contributed by atoms with Gasteiger partial charge in [-0.2, -0.15) is 5.10 Å².